The third-order valence-corrected chi connectivity index (χ3v) is 7.14. The highest BCUT2D eigenvalue weighted by atomic mass is 35.5. The number of hydrogen-bond acceptors (Lipinski definition) is 5. The fourth-order valence-corrected chi connectivity index (χ4v) is 5.06. The van der Waals surface area contributed by atoms with Crippen molar-refractivity contribution >= 4 is 34.1 Å². The maximum atomic E-state index is 13.6. The predicted molar refractivity (Wildman–Crippen MR) is 138 cm³/mol. The molecule has 2 N–H and O–H groups in total. The van der Waals surface area contributed by atoms with Crippen molar-refractivity contribution < 1.29 is 4.79 Å². The van der Waals surface area contributed by atoms with Crippen molar-refractivity contribution in [1.82, 2.24) is 20.6 Å². The third-order valence-electron chi connectivity index (χ3n) is 6.91. The lowest BCUT2D eigenvalue weighted by Gasteiger charge is -2.27. The molecular formula is C27H32ClN5O. The van der Waals surface area contributed by atoms with E-state index in [0.717, 1.165) is 72.4 Å². The van der Waals surface area contributed by atoms with Crippen LogP contribution in [0.3, 0.4) is 0 Å². The van der Waals surface area contributed by atoms with Crippen molar-refractivity contribution in [3.8, 4) is 0 Å². The van der Waals surface area contributed by atoms with Gasteiger partial charge in [-0.05, 0) is 63.8 Å². The van der Waals surface area contributed by atoms with Gasteiger partial charge >= 0.3 is 0 Å². The number of hydrogen-bond donors (Lipinski definition) is 2. The number of anilines is 1. The standard InChI is InChI=1S/C27H32ClN5O/c1-16-9-11-33(12-10-29-16)26-22-13-17(2)31-24(19-7-8-19)25(22)30-15-23(26)27(34)32-18(3)20-5-4-6-21(28)14-20/h4-6,13-16,18-19,29H,7-12H2,1-3H3,(H,32,34)/t16-,18-/m0/s1. The molecule has 1 saturated heterocycles. The second kappa shape index (κ2) is 9.51. The molecule has 2 aromatic heterocycles. The Balaban J connectivity index is 1.58. The van der Waals surface area contributed by atoms with Gasteiger partial charge in [-0.2, -0.15) is 0 Å². The van der Waals surface area contributed by atoms with Gasteiger partial charge in [0.1, 0.15) is 0 Å². The minimum absolute atomic E-state index is 0.121. The van der Waals surface area contributed by atoms with E-state index in [1.165, 1.54) is 0 Å². The number of nitrogens with zero attached hydrogens (tertiary/aromatic N) is 3. The summed E-state index contributed by atoms with van der Waals surface area (Å²) >= 11 is 6.18. The molecule has 6 nitrogen and oxygen atoms in total. The number of fused-ring (bicyclic) bond motifs is 1. The summed E-state index contributed by atoms with van der Waals surface area (Å²) in [7, 11) is 0. The van der Waals surface area contributed by atoms with Gasteiger partial charge in [-0.25, -0.2) is 0 Å². The van der Waals surface area contributed by atoms with E-state index in [2.05, 4.69) is 28.5 Å². The van der Waals surface area contributed by atoms with E-state index in [4.69, 9.17) is 21.6 Å². The van der Waals surface area contributed by atoms with E-state index in [-0.39, 0.29) is 11.9 Å². The first kappa shape index (κ1) is 23.1. The topological polar surface area (TPSA) is 70.2 Å². The van der Waals surface area contributed by atoms with Gasteiger partial charge in [0, 0.05) is 53.9 Å². The number of benzene rings is 1. The van der Waals surface area contributed by atoms with Gasteiger partial charge < -0.3 is 15.5 Å². The van der Waals surface area contributed by atoms with Crippen LogP contribution >= 0.6 is 11.6 Å². The Hall–Kier alpha value is -2.70. The molecule has 34 heavy (non-hydrogen) atoms. The molecule has 0 bridgehead atoms. The van der Waals surface area contributed by atoms with Crippen molar-refractivity contribution in [2.45, 2.75) is 58.0 Å². The molecule has 0 spiro atoms. The number of carbonyl (C=O) groups is 1. The molecule has 1 saturated carbocycles. The number of carbonyl (C=O) groups excluding carboxylic acids is 1. The molecule has 1 aliphatic carbocycles. The third kappa shape index (κ3) is 4.75. The van der Waals surface area contributed by atoms with Gasteiger partial charge in [-0.3, -0.25) is 14.8 Å². The van der Waals surface area contributed by atoms with Crippen LogP contribution in [0.5, 0.6) is 0 Å². The highest BCUT2D eigenvalue weighted by Gasteiger charge is 2.30. The Morgan fingerprint density at radius 2 is 2.06 bits per heavy atom. The summed E-state index contributed by atoms with van der Waals surface area (Å²) in [4.78, 5) is 25.7. The maximum absolute atomic E-state index is 13.6. The molecule has 3 heterocycles. The molecule has 0 unspecified atom stereocenters. The first-order chi connectivity index (χ1) is 16.4. The monoisotopic (exact) mass is 477 g/mol. The van der Waals surface area contributed by atoms with Crippen LogP contribution in [-0.4, -0.2) is 41.6 Å². The summed E-state index contributed by atoms with van der Waals surface area (Å²) in [5, 5.41) is 8.44. The maximum Gasteiger partial charge on any atom is 0.255 e. The summed E-state index contributed by atoms with van der Waals surface area (Å²) in [5.74, 6) is 0.362. The largest absolute Gasteiger partial charge is 0.369 e. The van der Waals surface area contributed by atoms with Crippen LogP contribution in [0.1, 0.15) is 72.4 Å². The van der Waals surface area contributed by atoms with Crippen LogP contribution in [0, 0.1) is 6.92 Å². The zero-order valence-corrected chi connectivity index (χ0v) is 20.8. The van der Waals surface area contributed by atoms with E-state index in [9.17, 15) is 4.79 Å². The Labute approximate surface area is 206 Å². The molecule has 1 aliphatic heterocycles. The normalized spacial score (nSPS) is 19.6. The number of rotatable bonds is 5. The van der Waals surface area contributed by atoms with Crippen molar-refractivity contribution in [3.63, 3.8) is 0 Å². The molecule has 5 rings (SSSR count). The summed E-state index contributed by atoms with van der Waals surface area (Å²) in [6, 6.07) is 9.99. The molecule has 2 atom stereocenters. The van der Waals surface area contributed by atoms with Crippen LogP contribution in [0.4, 0.5) is 5.69 Å². The molecule has 0 radical (unpaired) electrons. The highest BCUT2D eigenvalue weighted by molar-refractivity contribution is 6.30. The number of aryl methyl sites for hydroxylation is 1. The molecular weight excluding hydrogens is 446 g/mol. The van der Waals surface area contributed by atoms with Crippen LogP contribution in [0.25, 0.3) is 10.9 Å². The quantitative estimate of drug-likeness (QED) is 0.532. The van der Waals surface area contributed by atoms with Gasteiger partial charge in [-0.15, -0.1) is 0 Å². The zero-order chi connectivity index (χ0) is 23.8. The Morgan fingerprint density at radius 3 is 2.82 bits per heavy atom. The lowest BCUT2D eigenvalue weighted by atomic mass is 10.0. The summed E-state index contributed by atoms with van der Waals surface area (Å²) < 4.78 is 0. The van der Waals surface area contributed by atoms with E-state index in [1.807, 2.05) is 38.1 Å². The first-order valence-corrected chi connectivity index (χ1v) is 12.6. The Kier molecular flexibility index (Phi) is 6.45. The highest BCUT2D eigenvalue weighted by Crippen LogP contribution is 2.43. The van der Waals surface area contributed by atoms with Crippen molar-refractivity contribution in [2.75, 3.05) is 24.5 Å². The minimum atomic E-state index is -0.179. The summed E-state index contributed by atoms with van der Waals surface area (Å²) in [5.41, 5.74) is 5.56. The minimum Gasteiger partial charge on any atom is -0.369 e. The van der Waals surface area contributed by atoms with E-state index >= 15 is 0 Å². The van der Waals surface area contributed by atoms with Gasteiger partial charge in [-0.1, -0.05) is 23.7 Å². The van der Waals surface area contributed by atoms with Gasteiger partial charge in [0.25, 0.3) is 5.91 Å². The van der Waals surface area contributed by atoms with E-state index < -0.39 is 0 Å². The molecule has 1 amide bonds. The summed E-state index contributed by atoms with van der Waals surface area (Å²) in [6.45, 7) is 8.84. The Morgan fingerprint density at radius 1 is 1.24 bits per heavy atom. The van der Waals surface area contributed by atoms with Crippen LogP contribution in [0.2, 0.25) is 5.02 Å². The van der Waals surface area contributed by atoms with Crippen LogP contribution < -0.4 is 15.5 Å². The smallest absolute Gasteiger partial charge is 0.255 e. The second-order valence-electron chi connectivity index (χ2n) is 9.72. The van der Waals surface area contributed by atoms with Crippen molar-refractivity contribution in [2.24, 2.45) is 0 Å². The second-order valence-corrected chi connectivity index (χ2v) is 10.2. The van der Waals surface area contributed by atoms with Gasteiger partial charge in [0.15, 0.2) is 0 Å². The van der Waals surface area contributed by atoms with Crippen LogP contribution in [0.15, 0.2) is 36.5 Å². The molecule has 2 aliphatic rings. The number of pyridine rings is 2. The fraction of sp³-hybridized carbons (Fsp3) is 0.444. The number of halogens is 1. The molecule has 2 fully saturated rings. The molecule has 178 valence electrons. The lowest BCUT2D eigenvalue weighted by Crippen LogP contribution is -2.33. The van der Waals surface area contributed by atoms with Gasteiger partial charge in [0.05, 0.1) is 28.5 Å². The molecule has 1 aromatic carbocycles. The van der Waals surface area contributed by atoms with E-state index in [1.54, 1.807) is 6.20 Å². The fourth-order valence-electron chi connectivity index (χ4n) is 4.86. The summed E-state index contributed by atoms with van der Waals surface area (Å²) in [6.07, 6.45) is 5.09. The average molecular weight is 478 g/mol. The number of amides is 1. The van der Waals surface area contributed by atoms with Crippen molar-refractivity contribution in [1.29, 1.82) is 0 Å². The predicted octanol–water partition coefficient (Wildman–Crippen LogP) is 5.15. The number of aromatic nitrogens is 2. The SMILES string of the molecule is Cc1cc2c(N3CCN[C@@H](C)CC3)c(C(=O)N[C@@H](C)c3cccc(Cl)c3)cnc2c(C2CC2)n1. The first-order valence-electron chi connectivity index (χ1n) is 12.3. The van der Waals surface area contributed by atoms with E-state index in [0.29, 0.717) is 22.5 Å². The Bertz CT molecular complexity index is 1230. The number of nitrogens with one attached hydrogen (secondary N) is 2. The van der Waals surface area contributed by atoms with Crippen LogP contribution in [-0.2, 0) is 0 Å². The molecule has 3 aromatic rings. The van der Waals surface area contributed by atoms with Gasteiger partial charge in [0.2, 0.25) is 0 Å². The average Bonchev–Trinajstić information content (AvgIpc) is 3.66. The lowest BCUT2D eigenvalue weighted by molar-refractivity contribution is 0.0940. The zero-order valence-electron chi connectivity index (χ0n) is 20.1. The van der Waals surface area contributed by atoms with Crippen molar-refractivity contribution in [3.05, 3.63) is 64.1 Å². The molecule has 7 heteroatoms.